The summed E-state index contributed by atoms with van der Waals surface area (Å²) in [6.45, 7) is 10.3. The molecule has 8 heterocycles. The second-order valence-corrected chi connectivity index (χ2v) is 17.2. The maximum absolute atomic E-state index is 12.4. The van der Waals surface area contributed by atoms with Gasteiger partial charge in [0.15, 0.2) is 0 Å². The zero-order valence-electron chi connectivity index (χ0n) is 36.2. The van der Waals surface area contributed by atoms with Crippen molar-refractivity contribution in [2.45, 2.75) is 26.1 Å². The first-order chi connectivity index (χ1) is 32.0. The van der Waals surface area contributed by atoms with Crippen molar-refractivity contribution in [3.8, 4) is 0 Å². The van der Waals surface area contributed by atoms with Crippen LogP contribution in [0.2, 0.25) is 0 Å². The Balaban J connectivity index is 0.000000144. The van der Waals surface area contributed by atoms with Crippen LogP contribution in [0.15, 0.2) is 97.3 Å². The van der Waals surface area contributed by atoms with Gasteiger partial charge in [-0.15, -0.1) is 0 Å². The fourth-order valence-corrected chi connectivity index (χ4v) is 9.50. The van der Waals surface area contributed by atoms with Gasteiger partial charge in [0.05, 0.1) is 66.5 Å². The maximum Gasteiger partial charge on any atom is 0.254 e. The number of aromatic nitrogens is 4. The van der Waals surface area contributed by atoms with E-state index >= 15 is 0 Å². The highest BCUT2D eigenvalue weighted by Crippen LogP contribution is 2.33. The standard InChI is InChI=1S/C27H26N4O2.C26H24N4O2/c32-27-25-22-7-5-20-16-29-21(15-23(20)26(22)30-24(25)8-9-28-27)6-4-18-2-1-3-19(14-18)17-31-10-12-33-13-11-31;31-26-24-21-7-5-19-14-27-20(13-22(19)25(21)29-23(24)15-28-26)6-4-17-2-1-3-18(12-17)16-30-8-10-32-11-9-30/h1-7,14-16,29H,8-13,17H2,(H,28,32);1-7,12-14,27H,8-11,15-16H2,(H,28,31). The molecule has 65 heavy (non-hydrogen) atoms. The van der Waals surface area contributed by atoms with E-state index in [1.807, 2.05) is 30.6 Å². The highest BCUT2D eigenvalue weighted by atomic mass is 16.5. The molecule has 2 saturated heterocycles. The lowest BCUT2D eigenvalue weighted by molar-refractivity contribution is 0.0341. The molecule has 4 N–H and O–H groups in total. The Hall–Kier alpha value is -6.96. The van der Waals surface area contributed by atoms with E-state index in [0.717, 1.165) is 149 Å². The molecule has 0 atom stereocenters. The monoisotopic (exact) mass is 862 g/mol. The molecule has 0 radical (unpaired) electrons. The molecule has 0 unspecified atom stereocenters. The summed E-state index contributed by atoms with van der Waals surface area (Å²) in [7, 11) is 0. The Morgan fingerprint density at radius 3 is 1.62 bits per heavy atom. The quantitative estimate of drug-likeness (QED) is 0.121. The molecular formula is C53H50N8O4. The number of aromatic amines is 2. The van der Waals surface area contributed by atoms with Crippen LogP contribution in [0.3, 0.4) is 0 Å². The number of fused-ring (bicyclic) bond motifs is 10. The normalized spacial score (nSPS) is 16.9. The molecule has 2 amide bonds. The lowest BCUT2D eigenvalue weighted by Gasteiger charge is -2.26. The number of benzene rings is 4. The van der Waals surface area contributed by atoms with Gasteiger partial charge >= 0.3 is 0 Å². The van der Waals surface area contributed by atoms with E-state index in [9.17, 15) is 9.59 Å². The van der Waals surface area contributed by atoms with Crippen molar-refractivity contribution >= 4 is 79.5 Å². The average molecular weight is 863 g/mol. The van der Waals surface area contributed by atoms with Gasteiger partial charge in [-0.3, -0.25) is 24.4 Å². The van der Waals surface area contributed by atoms with Gasteiger partial charge in [-0.2, -0.15) is 0 Å². The molecule has 4 aromatic heterocycles. The number of carbonyl (C=O) groups excluding carboxylic acids is 2. The fraction of sp³-hybridized carbons (Fsp3) is 0.245. The zero-order valence-corrected chi connectivity index (χ0v) is 36.2. The molecule has 4 aliphatic heterocycles. The Morgan fingerprint density at radius 2 is 1.06 bits per heavy atom. The van der Waals surface area contributed by atoms with Crippen LogP contribution < -0.4 is 10.6 Å². The van der Waals surface area contributed by atoms with E-state index < -0.39 is 0 Å². The minimum absolute atomic E-state index is 0.0160. The molecule has 12 nitrogen and oxygen atoms in total. The number of hydrogen-bond donors (Lipinski definition) is 4. The minimum Gasteiger partial charge on any atom is -0.379 e. The summed E-state index contributed by atoms with van der Waals surface area (Å²) in [5, 5.41) is 12.0. The van der Waals surface area contributed by atoms with Crippen LogP contribution in [-0.4, -0.2) is 101 Å². The molecule has 4 aromatic carbocycles. The number of carbonyl (C=O) groups is 2. The predicted octanol–water partition coefficient (Wildman–Crippen LogP) is 7.97. The van der Waals surface area contributed by atoms with Gasteiger partial charge in [0.1, 0.15) is 0 Å². The largest absolute Gasteiger partial charge is 0.379 e. The van der Waals surface area contributed by atoms with Crippen molar-refractivity contribution < 1.29 is 19.1 Å². The van der Waals surface area contributed by atoms with Crippen molar-refractivity contribution in [1.29, 1.82) is 0 Å². The van der Waals surface area contributed by atoms with Crippen molar-refractivity contribution in [3.05, 3.63) is 153 Å². The lowest BCUT2D eigenvalue weighted by Crippen LogP contribution is -2.35. The van der Waals surface area contributed by atoms with Crippen LogP contribution in [0.25, 0.3) is 67.7 Å². The van der Waals surface area contributed by atoms with Crippen LogP contribution >= 0.6 is 0 Å². The molecule has 0 bridgehead atoms. The Bertz CT molecular complexity index is 3170. The van der Waals surface area contributed by atoms with Gasteiger partial charge in [0.25, 0.3) is 11.8 Å². The number of ether oxygens (including phenoxy) is 2. The van der Waals surface area contributed by atoms with Gasteiger partial charge in [-0.1, -0.05) is 84.9 Å². The second kappa shape index (κ2) is 17.9. The number of nitrogens with zero attached hydrogens (tertiary/aromatic N) is 4. The molecule has 0 spiro atoms. The SMILES string of the molecule is O=C1NCCc2nc3c(ccc4c[nH]c(C=Cc5cccc(CN6CCOCC6)c5)cc43)c21.O=C1NCc2nc3c(ccc4c[nH]c(C=Cc5cccc(CN6CCOCC6)c5)cc43)c21. The highest BCUT2D eigenvalue weighted by Gasteiger charge is 2.26. The summed E-state index contributed by atoms with van der Waals surface area (Å²) in [5.41, 5.74) is 12.0. The molecule has 8 aromatic rings. The van der Waals surface area contributed by atoms with Crippen LogP contribution in [0, 0.1) is 0 Å². The van der Waals surface area contributed by atoms with Crippen LogP contribution in [0.5, 0.6) is 0 Å². The summed E-state index contributed by atoms with van der Waals surface area (Å²) in [6.07, 6.45) is 13.3. The predicted molar refractivity (Wildman–Crippen MR) is 257 cm³/mol. The Kier molecular flexibility index (Phi) is 11.2. The van der Waals surface area contributed by atoms with E-state index in [-0.39, 0.29) is 11.8 Å². The molecule has 0 aliphatic carbocycles. The number of pyridine rings is 2. The van der Waals surface area contributed by atoms with Crippen molar-refractivity contribution in [3.63, 3.8) is 0 Å². The number of morpholine rings is 2. The topological polar surface area (TPSA) is 140 Å². The summed E-state index contributed by atoms with van der Waals surface area (Å²) in [6, 6.07) is 29.7. The van der Waals surface area contributed by atoms with E-state index in [1.54, 1.807) is 0 Å². The number of amides is 2. The molecule has 12 heteroatoms. The third-order valence-electron chi connectivity index (χ3n) is 12.8. The summed E-state index contributed by atoms with van der Waals surface area (Å²) >= 11 is 0. The van der Waals surface area contributed by atoms with Crippen molar-refractivity contribution in [1.82, 2.24) is 40.4 Å². The maximum atomic E-state index is 12.4. The van der Waals surface area contributed by atoms with Crippen molar-refractivity contribution in [2.75, 3.05) is 59.2 Å². The first-order valence-electron chi connectivity index (χ1n) is 22.6. The number of rotatable bonds is 8. The number of H-pyrrole nitrogens is 2. The number of nitrogens with one attached hydrogen (secondary N) is 4. The average Bonchev–Trinajstić information content (AvgIpc) is 4.04. The van der Waals surface area contributed by atoms with Crippen LogP contribution in [-0.2, 0) is 35.5 Å². The van der Waals surface area contributed by atoms with E-state index in [1.165, 1.54) is 22.3 Å². The Morgan fingerprint density at radius 1 is 0.554 bits per heavy atom. The highest BCUT2D eigenvalue weighted by molar-refractivity contribution is 6.17. The summed E-state index contributed by atoms with van der Waals surface area (Å²) < 4.78 is 10.9. The van der Waals surface area contributed by atoms with Gasteiger partial charge in [-0.05, 0) is 57.3 Å². The molecule has 12 rings (SSSR count). The fourth-order valence-electron chi connectivity index (χ4n) is 9.50. The first-order valence-corrected chi connectivity index (χ1v) is 22.6. The summed E-state index contributed by atoms with van der Waals surface area (Å²) in [5.74, 6) is -0.0425. The first kappa shape index (κ1) is 40.8. The smallest absolute Gasteiger partial charge is 0.254 e. The van der Waals surface area contributed by atoms with E-state index in [2.05, 4.69) is 121 Å². The number of hydrogen-bond acceptors (Lipinski definition) is 8. The van der Waals surface area contributed by atoms with E-state index in [0.29, 0.717) is 13.1 Å². The molecule has 2 fully saturated rings. The minimum atomic E-state index is -0.0265. The molecule has 0 saturated carbocycles. The lowest BCUT2D eigenvalue weighted by atomic mass is 10.0. The van der Waals surface area contributed by atoms with Gasteiger partial charge < -0.3 is 30.1 Å². The Labute approximate surface area is 376 Å². The molecule has 326 valence electrons. The second-order valence-electron chi connectivity index (χ2n) is 17.2. The zero-order chi connectivity index (χ0) is 43.7. The van der Waals surface area contributed by atoms with Gasteiger partial charge in [-0.25, -0.2) is 4.98 Å². The third-order valence-corrected chi connectivity index (χ3v) is 12.8. The third kappa shape index (κ3) is 8.56. The van der Waals surface area contributed by atoms with Crippen LogP contribution in [0.4, 0.5) is 0 Å². The molecule has 4 aliphatic rings. The van der Waals surface area contributed by atoms with Crippen LogP contribution in [0.1, 0.15) is 65.7 Å². The van der Waals surface area contributed by atoms with E-state index in [4.69, 9.17) is 19.4 Å². The van der Waals surface area contributed by atoms with Gasteiger partial charge in [0, 0.05) is 97.6 Å². The van der Waals surface area contributed by atoms with Gasteiger partial charge in [0.2, 0.25) is 0 Å². The summed E-state index contributed by atoms with van der Waals surface area (Å²) in [4.78, 5) is 45.8. The van der Waals surface area contributed by atoms with Crippen molar-refractivity contribution in [2.24, 2.45) is 0 Å². The molecular weight excluding hydrogens is 813 g/mol.